The number of aryl methyl sites for hydroxylation is 1. The number of carbonyl (C=O) groups excluding carboxylic acids is 1. The summed E-state index contributed by atoms with van der Waals surface area (Å²) >= 11 is 0. The number of phenols is 1. The fourth-order valence-electron chi connectivity index (χ4n) is 4.09. The van der Waals surface area contributed by atoms with Crippen LogP contribution in [0.3, 0.4) is 0 Å². The molecule has 2 aromatic carbocycles. The third-order valence-electron chi connectivity index (χ3n) is 5.33. The SMILES string of the molecule is COc1cc(/C=C2\CC(C)(C)c3c([nH]c4ccc(C)cc34)C2=O)ccc1O. The van der Waals surface area contributed by atoms with Crippen molar-refractivity contribution in [1.29, 1.82) is 0 Å². The molecule has 0 unspecified atom stereocenters. The number of Topliss-reactive ketones (excluding diaryl/α,β-unsaturated/α-hetero) is 1. The Hall–Kier alpha value is -3.01. The Balaban J connectivity index is 1.86. The summed E-state index contributed by atoms with van der Waals surface area (Å²) in [6.45, 7) is 6.43. The largest absolute Gasteiger partial charge is 0.504 e. The van der Waals surface area contributed by atoms with E-state index in [9.17, 15) is 9.90 Å². The zero-order chi connectivity index (χ0) is 19.3. The van der Waals surface area contributed by atoms with Gasteiger partial charge in [0.25, 0.3) is 0 Å². The van der Waals surface area contributed by atoms with Crippen LogP contribution in [0, 0.1) is 6.92 Å². The zero-order valence-corrected chi connectivity index (χ0v) is 16.0. The summed E-state index contributed by atoms with van der Waals surface area (Å²) in [5, 5.41) is 10.9. The van der Waals surface area contributed by atoms with Gasteiger partial charge in [-0.1, -0.05) is 31.5 Å². The molecular weight excluding hydrogens is 338 g/mol. The number of aromatic hydroxyl groups is 1. The molecule has 4 heteroatoms. The monoisotopic (exact) mass is 361 g/mol. The van der Waals surface area contributed by atoms with Crippen LogP contribution in [0.2, 0.25) is 0 Å². The second-order valence-corrected chi connectivity index (χ2v) is 7.91. The van der Waals surface area contributed by atoms with E-state index >= 15 is 0 Å². The predicted molar refractivity (Wildman–Crippen MR) is 108 cm³/mol. The standard InChI is InChI=1S/C23H23NO3/c1-13-5-7-17-16(9-13)20-21(24-17)22(26)15(12-23(20,2)3)10-14-6-8-18(25)19(11-14)27-4/h5-11,24-25H,12H2,1-4H3/b15-10+. The van der Waals surface area contributed by atoms with Crippen LogP contribution in [0.1, 0.15) is 47.4 Å². The van der Waals surface area contributed by atoms with Gasteiger partial charge in [-0.25, -0.2) is 0 Å². The molecular formula is C23H23NO3. The fourth-order valence-corrected chi connectivity index (χ4v) is 4.09. The van der Waals surface area contributed by atoms with Crippen LogP contribution < -0.4 is 4.74 Å². The van der Waals surface area contributed by atoms with Gasteiger partial charge in [-0.3, -0.25) is 4.79 Å². The molecule has 0 saturated heterocycles. The van der Waals surface area contributed by atoms with Gasteiger partial charge in [0.15, 0.2) is 11.5 Å². The lowest BCUT2D eigenvalue weighted by Crippen LogP contribution is -2.28. The van der Waals surface area contributed by atoms with Crippen LogP contribution in [0.15, 0.2) is 42.0 Å². The van der Waals surface area contributed by atoms with Crippen molar-refractivity contribution in [3.05, 3.63) is 64.4 Å². The van der Waals surface area contributed by atoms with E-state index in [0.29, 0.717) is 17.9 Å². The maximum atomic E-state index is 13.2. The Bertz CT molecular complexity index is 1100. The molecule has 138 valence electrons. The molecule has 4 nitrogen and oxygen atoms in total. The molecule has 1 aliphatic carbocycles. The minimum absolute atomic E-state index is 0.0326. The fraction of sp³-hybridized carbons (Fsp3) is 0.261. The molecule has 0 bridgehead atoms. The highest BCUT2D eigenvalue weighted by Gasteiger charge is 2.38. The number of ketones is 1. The van der Waals surface area contributed by atoms with Crippen molar-refractivity contribution >= 4 is 22.8 Å². The van der Waals surface area contributed by atoms with Crippen molar-refractivity contribution in [1.82, 2.24) is 4.98 Å². The molecule has 0 atom stereocenters. The number of ether oxygens (including phenoxy) is 1. The third kappa shape index (κ3) is 2.81. The number of H-pyrrole nitrogens is 1. The van der Waals surface area contributed by atoms with Crippen molar-refractivity contribution in [3.8, 4) is 11.5 Å². The lowest BCUT2D eigenvalue weighted by Gasteiger charge is -2.31. The number of fused-ring (bicyclic) bond motifs is 3. The minimum atomic E-state index is -0.165. The Morgan fingerprint density at radius 3 is 2.70 bits per heavy atom. The van der Waals surface area contributed by atoms with Crippen molar-refractivity contribution in [3.63, 3.8) is 0 Å². The molecule has 0 fully saturated rings. The van der Waals surface area contributed by atoms with Crippen LogP contribution in [-0.2, 0) is 5.41 Å². The molecule has 0 aliphatic heterocycles. The van der Waals surface area contributed by atoms with Crippen molar-refractivity contribution in [2.75, 3.05) is 7.11 Å². The first kappa shape index (κ1) is 17.4. The van der Waals surface area contributed by atoms with E-state index in [1.54, 1.807) is 18.2 Å². The number of benzene rings is 2. The summed E-state index contributed by atoms with van der Waals surface area (Å²) in [7, 11) is 1.51. The molecule has 4 rings (SSSR count). The van der Waals surface area contributed by atoms with E-state index < -0.39 is 0 Å². The number of phenolic OH excluding ortho intramolecular Hbond substituents is 1. The number of aromatic amines is 1. The highest BCUT2D eigenvalue weighted by molar-refractivity contribution is 6.15. The second kappa shape index (κ2) is 6.02. The van der Waals surface area contributed by atoms with Crippen molar-refractivity contribution in [2.45, 2.75) is 32.6 Å². The zero-order valence-electron chi connectivity index (χ0n) is 16.0. The lowest BCUT2D eigenvalue weighted by molar-refractivity contribution is 0.101. The lowest BCUT2D eigenvalue weighted by atomic mass is 9.71. The number of nitrogens with one attached hydrogen (secondary N) is 1. The van der Waals surface area contributed by atoms with E-state index in [4.69, 9.17) is 4.74 Å². The first-order valence-electron chi connectivity index (χ1n) is 9.05. The van der Waals surface area contributed by atoms with Crippen molar-refractivity contribution in [2.24, 2.45) is 0 Å². The molecule has 0 spiro atoms. The van der Waals surface area contributed by atoms with Gasteiger partial charge in [0.1, 0.15) is 0 Å². The molecule has 1 aromatic heterocycles. The van der Waals surface area contributed by atoms with E-state index in [2.05, 4.69) is 37.9 Å². The molecule has 2 N–H and O–H groups in total. The van der Waals surface area contributed by atoms with Gasteiger partial charge in [0.2, 0.25) is 5.78 Å². The first-order chi connectivity index (χ1) is 12.8. The topological polar surface area (TPSA) is 62.3 Å². The summed E-state index contributed by atoms with van der Waals surface area (Å²) in [4.78, 5) is 16.5. The number of allylic oxidation sites excluding steroid dienone is 1. The second-order valence-electron chi connectivity index (χ2n) is 7.91. The van der Waals surface area contributed by atoms with E-state index in [-0.39, 0.29) is 16.9 Å². The molecule has 0 saturated carbocycles. The maximum absolute atomic E-state index is 13.2. The Morgan fingerprint density at radius 1 is 1.19 bits per heavy atom. The van der Waals surface area contributed by atoms with Crippen LogP contribution >= 0.6 is 0 Å². The van der Waals surface area contributed by atoms with Gasteiger partial charge in [-0.15, -0.1) is 0 Å². The Morgan fingerprint density at radius 2 is 1.96 bits per heavy atom. The molecule has 0 radical (unpaired) electrons. The number of hydrogen-bond acceptors (Lipinski definition) is 3. The smallest absolute Gasteiger partial charge is 0.205 e. The number of hydrogen-bond donors (Lipinski definition) is 2. The van der Waals surface area contributed by atoms with E-state index in [1.165, 1.54) is 12.7 Å². The number of rotatable bonds is 2. The summed E-state index contributed by atoms with van der Waals surface area (Å²) < 4.78 is 5.18. The summed E-state index contributed by atoms with van der Waals surface area (Å²) in [6, 6.07) is 11.4. The van der Waals surface area contributed by atoms with Crippen LogP contribution in [0.25, 0.3) is 17.0 Å². The van der Waals surface area contributed by atoms with Gasteiger partial charge < -0.3 is 14.8 Å². The Labute approximate surface area is 158 Å². The van der Waals surface area contributed by atoms with Gasteiger partial charge in [0, 0.05) is 16.5 Å². The molecule has 1 heterocycles. The van der Waals surface area contributed by atoms with E-state index in [1.807, 2.05) is 12.1 Å². The summed E-state index contributed by atoms with van der Waals surface area (Å²) in [5.74, 6) is 0.516. The number of aromatic nitrogens is 1. The van der Waals surface area contributed by atoms with Crippen LogP contribution in [0.4, 0.5) is 0 Å². The molecule has 0 amide bonds. The molecule has 27 heavy (non-hydrogen) atoms. The van der Waals surface area contributed by atoms with Gasteiger partial charge >= 0.3 is 0 Å². The summed E-state index contributed by atoms with van der Waals surface area (Å²) in [5.41, 5.74) is 5.39. The van der Waals surface area contributed by atoms with Crippen LogP contribution in [0.5, 0.6) is 11.5 Å². The maximum Gasteiger partial charge on any atom is 0.205 e. The summed E-state index contributed by atoms with van der Waals surface area (Å²) in [6.07, 6.45) is 2.55. The van der Waals surface area contributed by atoms with Gasteiger partial charge in [-0.05, 0) is 60.2 Å². The highest BCUT2D eigenvalue weighted by Crippen LogP contribution is 2.44. The highest BCUT2D eigenvalue weighted by atomic mass is 16.5. The Kier molecular flexibility index (Phi) is 3.88. The molecule has 3 aromatic rings. The third-order valence-corrected chi connectivity index (χ3v) is 5.33. The number of carbonyl (C=O) groups is 1. The average Bonchev–Trinajstić information content (AvgIpc) is 3.01. The first-order valence-corrected chi connectivity index (χ1v) is 9.05. The quantitative estimate of drug-likeness (QED) is 0.621. The minimum Gasteiger partial charge on any atom is -0.504 e. The van der Waals surface area contributed by atoms with E-state index in [0.717, 1.165) is 27.6 Å². The predicted octanol–water partition coefficient (Wildman–Crippen LogP) is 5.14. The van der Waals surface area contributed by atoms with Gasteiger partial charge in [-0.2, -0.15) is 0 Å². The molecule has 1 aliphatic rings. The normalized spacial score (nSPS) is 17.3. The number of methoxy groups -OCH3 is 1. The van der Waals surface area contributed by atoms with Crippen LogP contribution in [-0.4, -0.2) is 23.0 Å². The average molecular weight is 361 g/mol. The van der Waals surface area contributed by atoms with Crippen molar-refractivity contribution < 1.29 is 14.6 Å². The van der Waals surface area contributed by atoms with Gasteiger partial charge in [0.05, 0.1) is 12.8 Å².